The molecule has 1 aromatic heterocycles. The Bertz CT molecular complexity index is 853. The standard InChI is InChI=1S/C20H20Cl2N2S/c1-13(2)24-20(25-18-11-16(21)10-17(22)12-18)19(14(3)23-24)9-15-7-5-4-6-8-15/h4-8,10-13H,9H2,1-3H3. The fourth-order valence-corrected chi connectivity index (χ4v) is 4.66. The van der Waals surface area contributed by atoms with Gasteiger partial charge in [-0.2, -0.15) is 5.10 Å². The van der Waals surface area contributed by atoms with Crippen molar-refractivity contribution in [2.75, 3.05) is 0 Å². The molecule has 5 heteroatoms. The normalized spacial score (nSPS) is 11.3. The van der Waals surface area contributed by atoms with Crippen molar-refractivity contribution in [2.24, 2.45) is 0 Å². The molecular weight excluding hydrogens is 371 g/mol. The molecule has 0 spiro atoms. The number of rotatable bonds is 5. The van der Waals surface area contributed by atoms with Gasteiger partial charge in [-0.15, -0.1) is 0 Å². The topological polar surface area (TPSA) is 17.8 Å². The average Bonchev–Trinajstić information content (AvgIpc) is 2.84. The summed E-state index contributed by atoms with van der Waals surface area (Å²) in [5.74, 6) is 0. The highest BCUT2D eigenvalue weighted by molar-refractivity contribution is 7.99. The Morgan fingerprint density at radius 3 is 2.28 bits per heavy atom. The van der Waals surface area contributed by atoms with Gasteiger partial charge in [-0.1, -0.05) is 65.3 Å². The Balaban J connectivity index is 2.03. The second kappa shape index (κ2) is 7.86. The second-order valence-corrected chi connectivity index (χ2v) is 8.21. The fourth-order valence-electron chi connectivity index (χ4n) is 2.72. The van der Waals surface area contributed by atoms with Gasteiger partial charge < -0.3 is 0 Å². The van der Waals surface area contributed by atoms with Gasteiger partial charge in [0.1, 0.15) is 5.03 Å². The molecule has 0 aliphatic rings. The van der Waals surface area contributed by atoms with Crippen LogP contribution in [0.4, 0.5) is 0 Å². The molecule has 0 radical (unpaired) electrons. The van der Waals surface area contributed by atoms with Crippen molar-refractivity contribution in [3.8, 4) is 0 Å². The van der Waals surface area contributed by atoms with Gasteiger partial charge in [0, 0.05) is 33.0 Å². The summed E-state index contributed by atoms with van der Waals surface area (Å²) in [6.07, 6.45) is 0.857. The highest BCUT2D eigenvalue weighted by Gasteiger charge is 2.19. The molecule has 0 N–H and O–H groups in total. The molecule has 0 aliphatic carbocycles. The van der Waals surface area contributed by atoms with E-state index in [-0.39, 0.29) is 6.04 Å². The van der Waals surface area contributed by atoms with E-state index in [1.807, 2.05) is 18.2 Å². The van der Waals surface area contributed by atoms with Crippen LogP contribution in [0.3, 0.4) is 0 Å². The summed E-state index contributed by atoms with van der Waals surface area (Å²) < 4.78 is 2.09. The zero-order valence-electron chi connectivity index (χ0n) is 14.5. The lowest BCUT2D eigenvalue weighted by Gasteiger charge is -2.13. The molecular formula is C20H20Cl2N2S. The predicted octanol–water partition coefficient (Wildman–Crippen LogP) is 6.82. The SMILES string of the molecule is Cc1nn(C(C)C)c(Sc2cc(Cl)cc(Cl)c2)c1Cc1ccccc1. The predicted molar refractivity (Wildman–Crippen MR) is 107 cm³/mol. The monoisotopic (exact) mass is 390 g/mol. The summed E-state index contributed by atoms with van der Waals surface area (Å²) in [6.45, 7) is 6.37. The van der Waals surface area contributed by atoms with E-state index in [1.54, 1.807) is 17.8 Å². The molecule has 3 rings (SSSR count). The Morgan fingerprint density at radius 2 is 1.68 bits per heavy atom. The minimum absolute atomic E-state index is 0.278. The van der Waals surface area contributed by atoms with Crippen molar-refractivity contribution in [3.05, 3.63) is 75.4 Å². The Morgan fingerprint density at radius 1 is 1.04 bits per heavy atom. The first-order valence-electron chi connectivity index (χ1n) is 8.20. The van der Waals surface area contributed by atoms with Crippen LogP contribution in [-0.4, -0.2) is 9.78 Å². The number of halogens is 2. The van der Waals surface area contributed by atoms with Crippen molar-refractivity contribution in [1.82, 2.24) is 9.78 Å². The second-order valence-electron chi connectivity index (χ2n) is 6.28. The molecule has 0 aliphatic heterocycles. The van der Waals surface area contributed by atoms with E-state index < -0.39 is 0 Å². The van der Waals surface area contributed by atoms with Crippen LogP contribution in [0.25, 0.3) is 0 Å². The largest absolute Gasteiger partial charge is 0.256 e. The minimum atomic E-state index is 0.278. The van der Waals surface area contributed by atoms with E-state index in [1.165, 1.54) is 11.1 Å². The quantitative estimate of drug-likeness (QED) is 0.475. The van der Waals surface area contributed by atoms with Crippen LogP contribution in [0.15, 0.2) is 58.5 Å². The van der Waals surface area contributed by atoms with E-state index in [4.69, 9.17) is 28.3 Å². The maximum absolute atomic E-state index is 6.17. The van der Waals surface area contributed by atoms with Crippen LogP contribution in [0.5, 0.6) is 0 Å². The average molecular weight is 391 g/mol. The van der Waals surface area contributed by atoms with Gasteiger partial charge in [-0.3, -0.25) is 4.68 Å². The lowest BCUT2D eigenvalue weighted by Crippen LogP contribution is -2.05. The van der Waals surface area contributed by atoms with E-state index in [9.17, 15) is 0 Å². The van der Waals surface area contributed by atoms with E-state index in [2.05, 4.69) is 49.7 Å². The summed E-state index contributed by atoms with van der Waals surface area (Å²) in [5.41, 5.74) is 3.59. The van der Waals surface area contributed by atoms with Crippen LogP contribution in [-0.2, 0) is 6.42 Å². The van der Waals surface area contributed by atoms with Crippen LogP contribution in [0, 0.1) is 6.92 Å². The molecule has 2 nitrogen and oxygen atoms in total. The van der Waals surface area contributed by atoms with Gasteiger partial charge in [0.2, 0.25) is 0 Å². The molecule has 0 atom stereocenters. The lowest BCUT2D eigenvalue weighted by atomic mass is 10.1. The number of aromatic nitrogens is 2. The third-order valence-corrected chi connectivity index (χ3v) is 5.46. The van der Waals surface area contributed by atoms with Gasteiger partial charge in [-0.05, 0) is 44.5 Å². The maximum atomic E-state index is 6.17. The lowest BCUT2D eigenvalue weighted by molar-refractivity contribution is 0.489. The molecule has 0 saturated heterocycles. The summed E-state index contributed by atoms with van der Waals surface area (Å²) in [6, 6.07) is 16.4. The first kappa shape index (κ1) is 18.4. The Hall–Kier alpha value is -1.42. The zero-order valence-corrected chi connectivity index (χ0v) is 16.8. The number of nitrogens with zero attached hydrogens (tertiary/aromatic N) is 2. The van der Waals surface area contributed by atoms with Gasteiger partial charge in [0.25, 0.3) is 0 Å². The highest BCUT2D eigenvalue weighted by atomic mass is 35.5. The van der Waals surface area contributed by atoms with E-state index >= 15 is 0 Å². The summed E-state index contributed by atoms with van der Waals surface area (Å²) >= 11 is 14.0. The van der Waals surface area contributed by atoms with Crippen LogP contribution in [0.1, 0.15) is 36.7 Å². The molecule has 0 saturated carbocycles. The smallest absolute Gasteiger partial charge is 0.103 e. The number of aryl methyl sites for hydroxylation is 1. The number of benzene rings is 2. The molecule has 0 fully saturated rings. The third-order valence-electron chi connectivity index (χ3n) is 3.92. The van der Waals surface area contributed by atoms with Crippen LogP contribution in [0.2, 0.25) is 10.0 Å². The summed E-state index contributed by atoms with van der Waals surface area (Å²) in [5, 5.41) is 7.22. The van der Waals surface area contributed by atoms with Crippen molar-refractivity contribution in [1.29, 1.82) is 0 Å². The molecule has 0 unspecified atom stereocenters. The third kappa shape index (κ3) is 4.41. The van der Waals surface area contributed by atoms with Gasteiger partial charge >= 0.3 is 0 Å². The minimum Gasteiger partial charge on any atom is -0.256 e. The van der Waals surface area contributed by atoms with Gasteiger partial charge in [-0.25, -0.2) is 0 Å². The first-order valence-corrected chi connectivity index (χ1v) is 9.77. The summed E-state index contributed by atoms with van der Waals surface area (Å²) in [7, 11) is 0. The molecule has 1 heterocycles. The molecule has 0 bridgehead atoms. The molecule has 0 amide bonds. The van der Waals surface area contributed by atoms with Crippen LogP contribution < -0.4 is 0 Å². The van der Waals surface area contributed by atoms with Crippen molar-refractivity contribution >= 4 is 35.0 Å². The highest BCUT2D eigenvalue weighted by Crippen LogP contribution is 2.37. The number of hydrogen-bond acceptors (Lipinski definition) is 2. The summed E-state index contributed by atoms with van der Waals surface area (Å²) in [4.78, 5) is 1.02. The van der Waals surface area contributed by atoms with Gasteiger partial charge in [0.05, 0.1) is 5.69 Å². The molecule has 3 aromatic rings. The van der Waals surface area contributed by atoms with Crippen molar-refractivity contribution < 1.29 is 0 Å². The first-order chi connectivity index (χ1) is 11.9. The van der Waals surface area contributed by atoms with Crippen LogP contribution >= 0.6 is 35.0 Å². The van der Waals surface area contributed by atoms with Crippen molar-refractivity contribution in [3.63, 3.8) is 0 Å². The maximum Gasteiger partial charge on any atom is 0.103 e. The number of hydrogen-bond donors (Lipinski definition) is 0. The molecule has 2 aromatic carbocycles. The molecule has 25 heavy (non-hydrogen) atoms. The zero-order chi connectivity index (χ0) is 18.0. The van der Waals surface area contributed by atoms with E-state index in [0.29, 0.717) is 10.0 Å². The van der Waals surface area contributed by atoms with Crippen molar-refractivity contribution in [2.45, 2.75) is 43.2 Å². The van der Waals surface area contributed by atoms with E-state index in [0.717, 1.165) is 22.0 Å². The van der Waals surface area contributed by atoms with Gasteiger partial charge in [0.15, 0.2) is 0 Å². The Kier molecular flexibility index (Phi) is 5.78. The molecule has 130 valence electrons. The fraction of sp³-hybridized carbons (Fsp3) is 0.250. The Labute approximate surface area is 163 Å².